The predicted octanol–water partition coefficient (Wildman–Crippen LogP) is 3.57. The molecule has 1 aliphatic heterocycles. The van der Waals surface area contributed by atoms with Gasteiger partial charge in [0, 0.05) is 5.39 Å². The minimum absolute atomic E-state index is 0.0260. The minimum atomic E-state index is -0.644. The first-order valence-electron chi connectivity index (χ1n) is 10.8. The van der Waals surface area contributed by atoms with Crippen LogP contribution in [0.5, 0.6) is 5.88 Å². The van der Waals surface area contributed by atoms with Crippen LogP contribution in [-0.2, 0) is 6.54 Å². The highest BCUT2D eigenvalue weighted by Gasteiger charge is 2.32. The Bertz CT molecular complexity index is 1610. The third kappa shape index (κ3) is 3.47. The van der Waals surface area contributed by atoms with E-state index in [0.717, 1.165) is 26.7 Å². The number of hydrogen-bond donors (Lipinski definition) is 1. The number of benzene rings is 3. The Kier molecular flexibility index (Phi) is 5.23. The molecule has 5 rings (SSSR count). The Morgan fingerprint density at radius 3 is 2.17 bits per heavy atom. The second kappa shape index (κ2) is 8.39. The summed E-state index contributed by atoms with van der Waals surface area (Å²) in [6.45, 7) is 1.53. The first-order valence-corrected chi connectivity index (χ1v) is 10.8. The highest BCUT2D eigenvalue weighted by molar-refractivity contribution is 6.25. The van der Waals surface area contributed by atoms with Gasteiger partial charge in [-0.25, -0.2) is 0 Å². The van der Waals surface area contributed by atoms with E-state index in [4.69, 9.17) is 0 Å². The van der Waals surface area contributed by atoms with Crippen LogP contribution in [0.1, 0.15) is 43.0 Å². The zero-order valence-corrected chi connectivity index (χ0v) is 18.6. The molecular weight excluding hydrogens is 444 g/mol. The standard InChI is InChI=1S/C27H18N4O4/c1-16-21(13-28)24(32)30(15-17-7-3-2-4-8-17)25(33)22(16)14-29-31-26(34)19-11-5-9-18-10-6-12-20(23(18)19)27(31)35/h2-12,14,33H,15H2,1H3/b29-14+. The van der Waals surface area contributed by atoms with Crippen molar-refractivity contribution >= 4 is 28.8 Å². The molecule has 8 heteroatoms. The monoisotopic (exact) mass is 462 g/mol. The summed E-state index contributed by atoms with van der Waals surface area (Å²) in [5.74, 6) is -1.63. The quantitative estimate of drug-likeness (QED) is 0.368. The topological polar surface area (TPSA) is 116 Å². The highest BCUT2D eigenvalue weighted by atomic mass is 16.3. The number of aromatic hydroxyl groups is 1. The maximum atomic E-state index is 13.1. The Morgan fingerprint density at radius 2 is 1.57 bits per heavy atom. The summed E-state index contributed by atoms with van der Waals surface area (Å²) in [7, 11) is 0. The number of carbonyl (C=O) groups excluding carboxylic acids is 2. The molecule has 0 saturated carbocycles. The normalized spacial score (nSPS) is 13.0. The van der Waals surface area contributed by atoms with Gasteiger partial charge in [-0.05, 0) is 35.6 Å². The first kappa shape index (κ1) is 21.8. The lowest BCUT2D eigenvalue weighted by Crippen LogP contribution is -2.36. The lowest BCUT2D eigenvalue weighted by atomic mass is 9.95. The van der Waals surface area contributed by atoms with Crippen molar-refractivity contribution in [2.45, 2.75) is 13.5 Å². The van der Waals surface area contributed by atoms with Crippen LogP contribution in [0.25, 0.3) is 10.8 Å². The van der Waals surface area contributed by atoms with Crippen molar-refractivity contribution in [1.82, 2.24) is 9.58 Å². The third-order valence-electron chi connectivity index (χ3n) is 6.08. The lowest BCUT2D eigenvalue weighted by Gasteiger charge is -2.23. The molecule has 170 valence electrons. The maximum Gasteiger partial charge on any atom is 0.282 e. The molecular formula is C27H18N4O4. The van der Waals surface area contributed by atoms with Crippen molar-refractivity contribution in [2.24, 2.45) is 5.10 Å². The Morgan fingerprint density at radius 1 is 0.943 bits per heavy atom. The van der Waals surface area contributed by atoms with Crippen molar-refractivity contribution in [2.75, 3.05) is 0 Å². The fourth-order valence-electron chi connectivity index (χ4n) is 4.28. The van der Waals surface area contributed by atoms with Gasteiger partial charge >= 0.3 is 0 Å². The van der Waals surface area contributed by atoms with Gasteiger partial charge in [-0.3, -0.25) is 19.0 Å². The van der Waals surface area contributed by atoms with Gasteiger partial charge < -0.3 is 5.11 Å². The molecule has 1 aromatic heterocycles. The summed E-state index contributed by atoms with van der Waals surface area (Å²) in [6, 6.07) is 21.2. The van der Waals surface area contributed by atoms with E-state index in [2.05, 4.69) is 5.10 Å². The van der Waals surface area contributed by atoms with Gasteiger partial charge in [0.2, 0.25) is 5.88 Å². The van der Waals surface area contributed by atoms with E-state index in [0.29, 0.717) is 16.5 Å². The molecule has 3 aromatic carbocycles. The molecule has 0 saturated heterocycles. The summed E-state index contributed by atoms with van der Waals surface area (Å²) < 4.78 is 1.07. The molecule has 4 aromatic rings. The van der Waals surface area contributed by atoms with Crippen molar-refractivity contribution < 1.29 is 14.7 Å². The van der Waals surface area contributed by atoms with Crippen molar-refractivity contribution in [3.63, 3.8) is 0 Å². The maximum absolute atomic E-state index is 13.1. The van der Waals surface area contributed by atoms with Gasteiger partial charge in [0.1, 0.15) is 11.6 Å². The Hall–Kier alpha value is -5.03. The molecule has 0 bridgehead atoms. The number of aromatic nitrogens is 1. The zero-order chi connectivity index (χ0) is 24.7. The molecule has 0 unspecified atom stereocenters. The van der Waals surface area contributed by atoms with Crippen LogP contribution >= 0.6 is 0 Å². The van der Waals surface area contributed by atoms with Crippen LogP contribution in [-0.4, -0.2) is 32.7 Å². The van der Waals surface area contributed by atoms with E-state index in [-0.39, 0.29) is 23.2 Å². The molecule has 0 radical (unpaired) electrons. The van der Waals surface area contributed by atoms with Crippen LogP contribution < -0.4 is 5.56 Å². The van der Waals surface area contributed by atoms with Gasteiger partial charge in [0.25, 0.3) is 17.4 Å². The number of nitrogens with zero attached hydrogens (tertiary/aromatic N) is 4. The minimum Gasteiger partial charge on any atom is -0.494 e. The smallest absolute Gasteiger partial charge is 0.282 e. The number of imide groups is 1. The average molecular weight is 462 g/mol. The number of nitriles is 1. The number of rotatable bonds is 4. The van der Waals surface area contributed by atoms with Gasteiger partial charge in [0.05, 0.1) is 29.4 Å². The second-order valence-corrected chi connectivity index (χ2v) is 8.10. The predicted molar refractivity (Wildman–Crippen MR) is 129 cm³/mol. The van der Waals surface area contributed by atoms with E-state index in [1.807, 2.05) is 24.3 Å². The number of carbonyl (C=O) groups is 2. The van der Waals surface area contributed by atoms with Crippen LogP contribution in [0, 0.1) is 18.3 Å². The van der Waals surface area contributed by atoms with Crippen LogP contribution in [0.15, 0.2) is 76.6 Å². The Labute approximate surface area is 199 Å². The molecule has 35 heavy (non-hydrogen) atoms. The zero-order valence-electron chi connectivity index (χ0n) is 18.6. The molecule has 0 spiro atoms. The van der Waals surface area contributed by atoms with Crippen molar-refractivity contribution in [1.29, 1.82) is 5.26 Å². The SMILES string of the molecule is Cc1c(/C=N/N2C(=O)c3cccc4cccc(c34)C2=O)c(O)n(Cc2ccccc2)c(=O)c1C#N. The first-order chi connectivity index (χ1) is 16.9. The largest absolute Gasteiger partial charge is 0.494 e. The molecule has 0 atom stereocenters. The van der Waals surface area contributed by atoms with E-state index in [9.17, 15) is 24.8 Å². The fraction of sp³-hybridized carbons (Fsp3) is 0.0741. The van der Waals surface area contributed by atoms with Gasteiger partial charge in [-0.1, -0.05) is 54.6 Å². The molecule has 2 amide bonds. The van der Waals surface area contributed by atoms with Crippen LogP contribution in [0.3, 0.4) is 0 Å². The summed E-state index contributed by atoms with van der Waals surface area (Å²) >= 11 is 0. The van der Waals surface area contributed by atoms with Crippen LogP contribution in [0.4, 0.5) is 0 Å². The summed E-state index contributed by atoms with van der Waals surface area (Å²) in [4.78, 5) is 39.1. The van der Waals surface area contributed by atoms with Gasteiger partial charge in [-0.15, -0.1) is 0 Å². The Balaban J connectivity index is 1.60. The third-order valence-corrected chi connectivity index (χ3v) is 6.08. The van der Waals surface area contributed by atoms with E-state index < -0.39 is 23.3 Å². The number of pyridine rings is 1. The molecule has 0 fully saturated rings. The number of hydrogen-bond acceptors (Lipinski definition) is 6. The van der Waals surface area contributed by atoms with Crippen molar-refractivity contribution in [3.8, 4) is 11.9 Å². The summed E-state index contributed by atoms with van der Waals surface area (Å²) in [6.07, 6.45) is 1.14. The van der Waals surface area contributed by atoms with Gasteiger partial charge in [-0.2, -0.15) is 15.4 Å². The molecule has 2 heterocycles. The highest BCUT2D eigenvalue weighted by Crippen LogP contribution is 2.30. The molecule has 1 aliphatic rings. The average Bonchev–Trinajstić information content (AvgIpc) is 2.87. The van der Waals surface area contributed by atoms with Crippen molar-refractivity contribution in [3.05, 3.63) is 110 Å². The summed E-state index contributed by atoms with van der Waals surface area (Å²) in [5, 5.41) is 26.7. The summed E-state index contributed by atoms with van der Waals surface area (Å²) in [5.41, 5.74) is 0.870. The van der Waals surface area contributed by atoms with Gasteiger partial charge in [0.15, 0.2) is 0 Å². The van der Waals surface area contributed by atoms with E-state index in [1.54, 1.807) is 48.5 Å². The molecule has 0 aliphatic carbocycles. The van der Waals surface area contributed by atoms with E-state index in [1.165, 1.54) is 6.92 Å². The second-order valence-electron chi connectivity index (χ2n) is 8.10. The van der Waals surface area contributed by atoms with Crippen LogP contribution in [0.2, 0.25) is 0 Å². The fourth-order valence-corrected chi connectivity index (χ4v) is 4.28. The van der Waals surface area contributed by atoms with E-state index >= 15 is 0 Å². The number of hydrazone groups is 1. The number of amides is 2. The lowest BCUT2D eigenvalue weighted by molar-refractivity contribution is 0.0616. The molecule has 8 nitrogen and oxygen atoms in total. The molecule has 1 N–H and O–H groups in total.